The highest BCUT2D eigenvalue weighted by Crippen LogP contribution is 2.42. The molecule has 44 heavy (non-hydrogen) atoms. The number of hydrogen-bond acceptors (Lipinski definition) is 16. The zero-order valence-electron chi connectivity index (χ0n) is 23.8. The van der Waals surface area contributed by atoms with Crippen molar-refractivity contribution in [3.63, 3.8) is 0 Å². The molecule has 0 aliphatic carbocycles. The van der Waals surface area contributed by atoms with E-state index in [1.807, 2.05) is 19.0 Å². The number of carboxylic acid groups (broad SMARTS) is 2. The van der Waals surface area contributed by atoms with Crippen molar-refractivity contribution in [2.75, 3.05) is 44.4 Å². The molecular weight excluding hydrogens is 639 g/mol. The number of β-lactam (4-membered cyclic amide) rings is 1. The van der Waals surface area contributed by atoms with Gasteiger partial charge in [0, 0.05) is 29.0 Å². The second kappa shape index (κ2) is 15.0. The molecule has 18 nitrogen and oxygen atoms in total. The highest BCUT2D eigenvalue weighted by Gasteiger charge is 2.54. The zero-order chi connectivity index (χ0) is 32.0. The molecule has 0 aromatic carbocycles. The summed E-state index contributed by atoms with van der Waals surface area (Å²) in [6.45, 7) is 1.52. The first kappa shape index (κ1) is 33.4. The zero-order valence-corrected chi connectivity index (χ0v) is 26.2. The average molecular weight is 672 g/mol. The van der Waals surface area contributed by atoms with E-state index in [4.69, 9.17) is 21.3 Å². The van der Waals surface area contributed by atoms with Crippen molar-refractivity contribution in [1.29, 1.82) is 0 Å². The summed E-state index contributed by atoms with van der Waals surface area (Å²) in [6.07, 6.45) is -1.01. The first-order valence-corrected chi connectivity index (χ1v) is 16.2. The molecule has 1 saturated heterocycles. The standard InChI is InChI=1S/C23H33N11O7S3/c1-32(2)6-7-33-22(29-30-31-33)44-9-11-8-42-19-15(17(36)34(19)18(11)41-23(39)40)28-16(35)14(13-10-43-21(25)27-13)26-5-3-4-12(24)20(37)38/h10,12,14-15,19,26H,3-9,24H2,1-2H3,(H2,25,27)(H,28,35)(H,37,38)(H,39,40)/t12-,14+,15-,19+/m1/s1. The normalized spacial score (nSPS) is 19.4. The minimum atomic E-state index is -1.57. The predicted molar refractivity (Wildman–Crippen MR) is 160 cm³/mol. The maximum Gasteiger partial charge on any atom is 0.512 e. The number of hydrogen-bond donors (Lipinski definition) is 6. The van der Waals surface area contributed by atoms with Crippen molar-refractivity contribution in [1.82, 2.24) is 45.6 Å². The fourth-order valence-corrected chi connectivity index (χ4v) is 7.23. The van der Waals surface area contributed by atoms with Gasteiger partial charge in [-0.05, 0) is 43.9 Å². The van der Waals surface area contributed by atoms with E-state index in [1.165, 1.54) is 28.4 Å². The number of nitrogens with zero attached hydrogens (tertiary/aromatic N) is 7. The summed E-state index contributed by atoms with van der Waals surface area (Å²) < 4.78 is 6.71. The molecule has 0 spiro atoms. The molecule has 0 saturated carbocycles. The summed E-state index contributed by atoms with van der Waals surface area (Å²) in [5.41, 5.74) is 12.2. The van der Waals surface area contributed by atoms with Gasteiger partial charge < -0.3 is 42.0 Å². The number of aliphatic carboxylic acids is 1. The number of fused-ring (bicyclic) bond motifs is 1. The van der Waals surface area contributed by atoms with Crippen molar-refractivity contribution in [2.45, 2.75) is 48.0 Å². The molecule has 240 valence electrons. The molecule has 2 aliphatic rings. The smallest absolute Gasteiger partial charge is 0.480 e. The quantitative estimate of drug-likeness (QED) is 0.0552. The Labute approximate surface area is 263 Å². The van der Waals surface area contributed by atoms with Gasteiger partial charge in [-0.2, -0.15) is 0 Å². The van der Waals surface area contributed by atoms with Crippen LogP contribution in [0.1, 0.15) is 24.6 Å². The SMILES string of the molecule is CN(C)CCn1nnnc1SCC1=C(OC(=O)O)N2C(=O)[C@@H](NC(=O)[C@@H](NCCC[C@@H](N)C(=O)O)c3csc(N)n3)[C@@H]2SC1. The fourth-order valence-electron chi connectivity index (χ4n) is 4.29. The monoisotopic (exact) mass is 671 g/mol. The molecule has 0 bridgehead atoms. The number of anilines is 1. The molecule has 2 aromatic heterocycles. The Morgan fingerprint density at radius 3 is 2.75 bits per heavy atom. The summed E-state index contributed by atoms with van der Waals surface area (Å²) in [7, 11) is 3.86. The summed E-state index contributed by atoms with van der Waals surface area (Å²) in [5, 5.41) is 37.7. The number of likely N-dealkylation sites (N-methyl/N-ethyl adjacent to an activating group) is 1. The third-order valence-electron chi connectivity index (χ3n) is 6.56. The van der Waals surface area contributed by atoms with Gasteiger partial charge in [0.1, 0.15) is 23.5 Å². The van der Waals surface area contributed by atoms with Gasteiger partial charge in [-0.25, -0.2) is 14.5 Å². The van der Waals surface area contributed by atoms with E-state index < -0.39 is 47.4 Å². The Bertz CT molecular complexity index is 1400. The number of carbonyl (C=O) groups excluding carboxylic acids is 2. The lowest BCUT2D eigenvalue weighted by atomic mass is 10.0. The second-order valence-corrected chi connectivity index (χ2v) is 13.0. The van der Waals surface area contributed by atoms with E-state index in [0.29, 0.717) is 41.7 Å². The van der Waals surface area contributed by atoms with Gasteiger partial charge in [-0.3, -0.25) is 19.3 Å². The average Bonchev–Trinajstić information content (AvgIpc) is 3.61. The third-order valence-corrected chi connectivity index (χ3v) is 9.64. The molecule has 4 rings (SSSR count). The molecule has 4 atom stereocenters. The Balaban J connectivity index is 1.42. The lowest BCUT2D eigenvalue weighted by Gasteiger charge is -2.49. The maximum absolute atomic E-state index is 13.4. The molecule has 2 aliphatic heterocycles. The first-order valence-electron chi connectivity index (χ1n) is 13.3. The maximum atomic E-state index is 13.4. The molecule has 4 heterocycles. The van der Waals surface area contributed by atoms with Crippen LogP contribution < -0.4 is 22.1 Å². The molecule has 8 N–H and O–H groups in total. The van der Waals surface area contributed by atoms with E-state index in [9.17, 15) is 24.3 Å². The molecule has 2 amide bonds. The number of nitrogen functional groups attached to an aromatic ring is 1. The second-order valence-electron chi connectivity index (χ2n) is 10.0. The number of carboxylic acids is 1. The van der Waals surface area contributed by atoms with Gasteiger partial charge in [-0.15, -0.1) is 28.2 Å². The molecule has 0 unspecified atom stereocenters. The van der Waals surface area contributed by atoms with Gasteiger partial charge in [-0.1, -0.05) is 11.8 Å². The van der Waals surface area contributed by atoms with Crippen LogP contribution in [0.3, 0.4) is 0 Å². The van der Waals surface area contributed by atoms with Gasteiger partial charge in [0.15, 0.2) is 5.13 Å². The van der Waals surface area contributed by atoms with Crippen molar-refractivity contribution in [3.05, 3.63) is 22.5 Å². The van der Waals surface area contributed by atoms with E-state index in [0.717, 1.165) is 11.3 Å². The van der Waals surface area contributed by atoms with Crippen LogP contribution in [0, 0.1) is 0 Å². The van der Waals surface area contributed by atoms with Gasteiger partial charge >= 0.3 is 12.1 Å². The Kier molecular flexibility index (Phi) is 11.4. The number of tetrazole rings is 1. The summed E-state index contributed by atoms with van der Waals surface area (Å²) >= 11 is 3.79. The third kappa shape index (κ3) is 8.15. The molecule has 1 fully saturated rings. The summed E-state index contributed by atoms with van der Waals surface area (Å²) in [4.78, 5) is 56.6. The number of thiazole rings is 1. The van der Waals surface area contributed by atoms with Crippen LogP contribution in [0.25, 0.3) is 0 Å². The molecular formula is C23H33N11O7S3. The number of rotatable bonds is 16. The topological polar surface area (TPSA) is 257 Å². The van der Waals surface area contributed by atoms with Gasteiger partial charge in [0.2, 0.25) is 16.9 Å². The number of carbonyl (C=O) groups is 4. The van der Waals surface area contributed by atoms with E-state index in [-0.39, 0.29) is 29.7 Å². The van der Waals surface area contributed by atoms with Crippen LogP contribution in [0.5, 0.6) is 0 Å². The van der Waals surface area contributed by atoms with Crippen molar-refractivity contribution < 1.29 is 34.1 Å². The van der Waals surface area contributed by atoms with E-state index in [1.54, 1.807) is 10.1 Å². The van der Waals surface area contributed by atoms with Crippen LogP contribution in [-0.2, 0) is 25.7 Å². The van der Waals surface area contributed by atoms with E-state index >= 15 is 0 Å². The first-order chi connectivity index (χ1) is 21.0. The number of thioether (sulfide) groups is 2. The predicted octanol–water partition coefficient (Wildman–Crippen LogP) is -0.805. The van der Waals surface area contributed by atoms with Crippen LogP contribution >= 0.6 is 34.9 Å². The van der Waals surface area contributed by atoms with Crippen LogP contribution in [-0.4, -0.2) is 125 Å². The highest BCUT2D eigenvalue weighted by molar-refractivity contribution is 8.01. The summed E-state index contributed by atoms with van der Waals surface area (Å²) in [6, 6.07) is -2.96. The number of nitrogens with two attached hydrogens (primary N) is 2. The van der Waals surface area contributed by atoms with Crippen LogP contribution in [0.2, 0.25) is 0 Å². The largest absolute Gasteiger partial charge is 0.512 e. The number of aromatic nitrogens is 5. The molecule has 21 heteroatoms. The van der Waals surface area contributed by atoms with E-state index in [2.05, 4.69) is 31.1 Å². The molecule has 2 aromatic rings. The van der Waals surface area contributed by atoms with Crippen molar-refractivity contribution in [3.8, 4) is 0 Å². The van der Waals surface area contributed by atoms with Crippen LogP contribution in [0.15, 0.2) is 22.0 Å². The highest BCUT2D eigenvalue weighted by atomic mass is 32.2. The molecule has 0 radical (unpaired) electrons. The minimum absolute atomic E-state index is 0.0896. The Morgan fingerprint density at radius 1 is 1.32 bits per heavy atom. The summed E-state index contributed by atoms with van der Waals surface area (Å²) in [5.74, 6) is -1.68. The Morgan fingerprint density at radius 2 is 2.09 bits per heavy atom. The Hall–Kier alpha value is -3.50. The fraction of sp³-hybridized carbons (Fsp3) is 0.565. The number of nitrogens with one attached hydrogen (secondary N) is 2. The van der Waals surface area contributed by atoms with Gasteiger partial charge in [0.25, 0.3) is 5.91 Å². The van der Waals surface area contributed by atoms with Gasteiger partial charge in [0.05, 0.1) is 12.2 Å². The van der Waals surface area contributed by atoms with Crippen molar-refractivity contribution in [2.24, 2.45) is 5.73 Å². The van der Waals surface area contributed by atoms with Crippen LogP contribution in [0.4, 0.5) is 9.93 Å². The number of ether oxygens (including phenoxy) is 1. The number of amides is 2. The minimum Gasteiger partial charge on any atom is -0.480 e. The van der Waals surface area contributed by atoms with Crippen molar-refractivity contribution >= 4 is 63.9 Å². The lowest BCUT2D eigenvalue weighted by molar-refractivity contribution is -0.149. The lowest BCUT2D eigenvalue weighted by Crippen LogP contribution is -2.70.